The summed E-state index contributed by atoms with van der Waals surface area (Å²) in [5, 5.41) is 14.5. The van der Waals surface area contributed by atoms with Crippen molar-refractivity contribution in [1.29, 1.82) is 0 Å². The van der Waals surface area contributed by atoms with Crippen molar-refractivity contribution in [2.75, 3.05) is 32.8 Å². The fourth-order valence-corrected chi connectivity index (χ4v) is 3.13. The van der Waals surface area contributed by atoms with Crippen LogP contribution in [0.1, 0.15) is 11.7 Å². The number of aliphatic hydroxyl groups excluding tert-OH is 1. The number of rotatable bonds is 4. The minimum atomic E-state index is -0.426. The van der Waals surface area contributed by atoms with Crippen LogP contribution in [0.15, 0.2) is 41.1 Å². The number of ether oxygens (including phenoxy) is 1. The molecule has 1 aliphatic rings. The summed E-state index contributed by atoms with van der Waals surface area (Å²) in [5.41, 5.74) is 3.42. The molecule has 0 amide bonds. The van der Waals surface area contributed by atoms with Crippen LogP contribution in [0.2, 0.25) is 0 Å². The van der Waals surface area contributed by atoms with Gasteiger partial charge in [-0.3, -0.25) is 4.90 Å². The first-order chi connectivity index (χ1) is 9.83. The van der Waals surface area contributed by atoms with Gasteiger partial charge in [-0.2, -0.15) is 11.3 Å². The Kier molecular flexibility index (Phi) is 4.47. The molecule has 4 heteroatoms. The summed E-state index contributed by atoms with van der Waals surface area (Å²) in [6, 6.07) is 10.3. The summed E-state index contributed by atoms with van der Waals surface area (Å²) in [7, 11) is 0. The van der Waals surface area contributed by atoms with Crippen molar-refractivity contribution in [3.63, 3.8) is 0 Å². The molecule has 2 heterocycles. The Bertz CT molecular complexity index is 518. The molecule has 0 spiro atoms. The average molecular weight is 289 g/mol. The van der Waals surface area contributed by atoms with E-state index in [4.69, 9.17) is 4.74 Å². The number of hydrogen-bond donors (Lipinski definition) is 1. The van der Waals surface area contributed by atoms with E-state index in [0.717, 1.165) is 31.9 Å². The summed E-state index contributed by atoms with van der Waals surface area (Å²) in [6.07, 6.45) is -0.426. The molecule has 1 atom stereocenters. The number of benzene rings is 1. The normalized spacial score (nSPS) is 18.1. The van der Waals surface area contributed by atoms with Gasteiger partial charge in [-0.1, -0.05) is 24.3 Å². The maximum absolute atomic E-state index is 10.3. The molecule has 1 fully saturated rings. The second-order valence-corrected chi connectivity index (χ2v) is 5.84. The van der Waals surface area contributed by atoms with Gasteiger partial charge in [0.05, 0.1) is 19.3 Å². The molecule has 1 aliphatic heterocycles. The molecule has 3 nitrogen and oxygen atoms in total. The lowest BCUT2D eigenvalue weighted by Crippen LogP contribution is -2.38. The fraction of sp³-hybridized carbons (Fsp3) is 0.375. The monoisotopic (exact) mass is 289 g/mol. The fourth-order valence-electron chi connectivity index (χ4n) is 2.46. The summed E-state index contributed by atoms with van der Waals surface area (Å²) < 4.78 is 5.32. The number of nitrogens with zero attached hydrogens (tertiary/aromatic N) is 1. The topological polar surface area (TPSA) is 32.7 Å². The van der Waals surface area contributed by atoms with Gasteiger partial charge in [0.1, 0.15) is 0 Å². The SMILES string of the molecule is O[C@@H](CN1CCOCC1)c1ccc(-c2ccsc2)cc1. The van der Waals surface area contributed by atoms with Crippen LogP contribution in [0.4, 0.5) is 0 Å². The lowest BCUT2D eigenvalue weighted by atomic mass is 10.0. The van der Waals surface area contributed by atoms with E-state index in [1.54, 1.807) is 11.3 Å². The molecule has 1 aromatic heterocycles. The minimum Gasteiger partial charge on any atom is -0.387 e. The molecule has 1 saturated heterocycles. The summed E-state index contributed by atoms with van der Waals surface area (Å²) in [6.45, 7) is 4.03. The van der Waals surface area contributed by atoms with Gasteiger partial charge in [0.25, 0.3) is 0 Å². The third kappa shape index (κ3) is 3.27. The van der Waals surface area contributed by atoms with Gasteiger partial charge < -0.3 is 9.84 Å². The van der Waals surface area contributed by atoms with Crippen molar-refractivity contribution in [3.8, 4) is 11.1 Å². The highest BCUT2D eigenvalue weighted by atomic mass is 32.1. The van der Waals surface area contributed by atoms with Crippen LogP contribution in [0.5, 0.6) is 0 Å². The standard InChI is InChI=1S/C16H19NO2S/c18-16(11-17-6-8-19-9-7-17)14-3-1-13(2-4-14)15-5-10-20-12-15/h1-5,10,12,16,18H,6-9,11H2/t16-/m0/s1. The number of thiophene rings is 1. The number of morpholine rings is 1. The van der Waals surface area contributed by atoms with Crippen molar-refractivity contribution >= 4 is 11.3 Å². The third-order valence-corrected chi connectivity index (χ3v) is 4.37. The lowest BCUT2D eigenvalue weighted by molar-refractivity contribution is 0.0143. The van der Waals surface area contributed by atoms with Gasteiger partial charge in [-0.25, -0.2) is 0 Å². The van der Waals surface area contributed by atoms with E-state index < -0.39 is 6.10 Å². The molecular weight excluding hydrogens is 270 g/mol. The molecule has 20 heavy (non-hydrogen) atoms. The Hall–Kier alpha value is -1.20. The zero-order valence-corrected chi connectivity index (χ0v) is 12.2. The quantitative estimate of drug-likeness (QED) is 0.939. The van der Waals surface area contributed by atoms with Crippen LogP contribution in [0.25, 0.3) is 11.1 Å². The van der Waals surface area contributed by atoms with Gasteiger partial charge in [-0.05, 0) is 33.5 Å². The molecule has 3 rings (SSSR count). The van der Waals surface area contributed by atoms with E-state index in [2.05, 4.69) is 33.9 Å². The van der Waals surface area contributed by atoms with Crippen LogP contribution >= 0.6 is 11.3 Å². The average Bonchev–Trinajstić information content (AvgIpc) is 3.03. The zero-order valence-electron chi connectivity index (χ0n) is 11.4. The maximum Gasteiger partial charge on any atom is 0.0916 e. The zero-order chi connectivity index (χ0) is 13.8. The van der Waals surface area contributed by atoms with Gasteiger partial charge in [0.15, 0.2) is 0 Å². The van der Waals surface area contributed by atoms with Gasteiger partial charge in [0.2, 0.25) is 0 Å². The Labute approximate surface area is 123 Å². The predicted molar refractivity (Wildman–Crippen MR) is 82.0 cm³/mol. The second kappa shape index (κ2) is 6.50. The first kappa shape index (κ1) is 13.8. The molecule has 2 aromatic rings. The molecule has 0 aliphatic carbocycles. The van der Waals surface area contributed by atoms with Crippen LogP contribution in [-0.2, 0) is 4.74 Å². The van der Waals surface area contributed by atoms with Crippen LogP contribution in [0.3, 0.4) is 0 Å². The van der Waals surface area contributed by atoms with Crippen molar-refractivity contribution < 1.29 is 9.84 Å². The van der Waals surface area contributed by atoms with E-state index in [0.29, 0.717) is 6.54 Å². The van der Waals surface area contributed by atoms with Crippen molar-refractivity contribution in [2.24, 2.45) is 0 Å². The van der Waals surface area contributed by atoms with Gasteiger partial charge in [-0.15, -0.1) is 0 Å². The van der Waals surface area contributed by atoms with Crippen molar-refractivity contribution in [1.82, 2.24) is 4.90 Å². The van der Waals surface area contributed by atoms with Crippen LogP contribution in [0, 0.1) is 0 Å². The smallest absolute Gasteiger partial charge is 0.0916 e. The first-order valence-corrected chi connectivity index (χ1v) is 7.88. The molecule has 0 unspecified atom stereocenters. The predicted octanol–water partition coefficient (Wildman–Crippen LogP) is 2.78. The number of aliphatic hydroxyl groups is 1. The molecule has 0 saturated carbocycles. The van der Waals surface area contributed by atoms with Crippen molar-refractivity contribution in [2.45, 2.75) is 6.10 Å². The van der Waals surface area contributed by atoms with E-state index in [-0.39, 0.29) is 0 Å². The molecule has 0 bridgehead atoms. The molecule has 106 valence electrons. The highest BCUT2D eigenvalue weighted by Gasteiger charge is 2.16. The molecule has 0 radical (unpaired) electrons. The van der Waals surface area contributed by atoms with E-state index in [9.17, 15) is 5.11 Å². The second-order valence-electron chi connectivity index (χ2n) is 5.06. The summed E-state index contributed by atoms with van der Waals surface area (Å²) in [5.74, 6) is 0. The largest absolute Gasteiger partial charge is 0.387 e. The molecule has 1 N–H and O–H groups in total. The van der Waals surface area contributed by atoms with Gasteiger partial charge in [0, 0.05) is 19.6 Å². The highest BCUT2D eigenvalue weighted by Crippen LogP contribution is 2.24. The summed E-state index contributed by atoms with van der Waals surface area (Å²) >= 11 is 1.70. The van der Waals surface area contributed by atoms with E-state index in [1.165, 1.54) is 11.1 Å². The summed E-state index contributed by atoms with van der Waals surface area (Å²) in [4.78, 5) is 2.25. The number of hydrogen-bond acceptors (Lipinski definition) is 4. The Morgan fingerprint density at radius 2 is 1.85 bits per heavy atom. The van der Waals surface area contributed by atoms with Crippen molar-refractivity contribution in [3.05, 3.63) is 46.7 Å². The third-order valence-electron chi connectivity index (χ3n) is 3.68. The Balaban J connectivity index is 1.64. The maximum atomic E-state index is 10.3. The van der Waals surface area contributed by atoms with Crippen LogP contribution < -0.4 is 0 Å². The lowest BCUT2D eigenvalue weighted by Gasteiger charge is -2.28. The minimum absolute atomic E-state index is 0.426. The van der Waals surface area contributed by atoms with E-state index >= 15 is 0 Å². The van der Waals surface area contributed by atoms with Gasteiger partial charge >= 0.3 is 0 Å². The Morgan fingerprint density at radius 1 is 1.10 bits per heavy atom. The van der Waals surface area contributed by atoms with E-state index in [1.807, 2.05) is 12.1 Å². The molecule has 1 aromatic carbocycles. The Morgan fingerprint density at radius 3 is 2.50 bits per heavy atom. The highest BCUT2D eigenvalue weighted by molar-refractivity contribution is 7.08. The first-order valence-electron chi connectivity index (χ1n) is 6.93. The molecular formula is C16H19NO2S. The van der Waals surface area contributed by atoms with Crippen LogP contribution in [-0.4, -0.2) is 42.9 Å². The number of β-amino-alcohol motifs (C(OH)–C–C–N with tert-alkyl or cyclic N) is 1.